The molecule has 0 saturated heterocycles. The average Bonchev–Trinajstić information content (AvgIpc) is 2.46. The second-order valence-corrected chi connectivity index (χ2v) is 4.97. The molecule has 2 rings (SSSR count). The first-order valence-corrected chi connectivity index (χ1v) is 6.31. The van der Waals surface area contributed by atoms with Gasteiger partial charge < -0.3 is 10.2 Å². The lowest BCUT2D eigenvalue weighted by Gasteiger charge is -2.28. The molecule has 1 aromatic rings. The van der Waals surface area contributed by atoms with Crippen molar-refractivity contribution < 1.29 is 4.79 Å². The van der Waals surface area contributed by atoms with Crippen molar-refractivity contribution in [1.29, 1.82) is 0 Å². The first kappa shape index (κ1) is 12.8. The van der Waals surface area contributed by atoms with Gasteiger partial charge in [-0.15, -0.1) is 0 Å². The number of carbonyl (C=O) groups excluding carboxylic acids is 1. The Morgan fingerprint density at radius 3 is 2.67 bits per heavy atom. The first-order valence-electron chi connectivity index (χ1n) is 6.31. The Morgan fingerprint density at radius 1 is 1.39 bits per heavy atom. The van der Waals surface area contributed by atoms with Gasteiger partial charge in [0, 0.05) is 12.6 Å². The molecule has 96 valence electrons. The van der Waals surface area contributed by atoms with E-state index in [0.29, 0.717) is 6.54 Å². The third-order valence-corrected chi connectivity index (χ3v) is 3.46. The molecule has 3 heteroatoms. The van der Waals surface area contributed by atoms with Gasteiger partial charge in [0.05, 0.1) is 0 Å². The molecule has 1 heterocycles. The maximum Gasteiger partial charge on any atom is 0.244 e. The molecule has 3 nitrogen and oxygen atoms in total. The quantitative estimate of drug-likeness (QED) is 0.865. The molecule has 0 saturated carbocycles. The van der Waals surface area contributed by atoms with Gasteiger partial charge in [0.25, 0.3) is 0 Å². The normalized spacial score (nSPS) is 20.0. The summed E-state index contributed by atoms with van der Waals surface area (Å²) < 4.78 is 0. The summed E-state index contributed by atoms with van der Waals surface area (Å²) in [5.74, 6) is 0.124. The molecule has 0 bridgehead atoms. The van der Waals surface area contributed by atoms with E-state index in [2.05, 4.69) is 11.9 Å². The van der Waals surface area contributed by atoms with Crippen molar-refractivity contribution in [3.63, 3.8) is 0 Å². The maximum absolute atomic E-state index is 12.5. The Labute approximate surface area is 108 Å². The number of nitrogens with one attached hydrogen (secondary N) is 1. The summed E-state index contributed by atoms with van der Waals surface area (Å²) in [5.41, 5.74) is 3.12. The Kier molecular flexibility index (Phi) is 3.53. The summed E-state index contributed by atoms with van der Waals surface area (Å²) in [7, 11) is 1.83. The van der Waals surface area contributed by atoms with E-state index in [0.717, 1.165) is 16.7 Å². The number of benzene rings is 1. The topological polar surface area (TPSA) is 32.3 Å². The van der Waals surface area contributed by atoms with E-state index < -0.39 is 0 Å². The highest BCUT2D eigenvalue weighted by atomic mass is 16.2. The van der Waals surface area contributed by atoms with Gasteiger partial charge >= 0.3 is 0 Å². The van der Waals surface area contributed by atoms with E-state index in [-0.39, 0.29) is 18.0 Å². The summed E-state index contributed by atoms with van der Waals surface area (Å²) in [4.78, 5) is 14.4. The van der Waals surface area contributed by atoms with Crippen LogP contribution < -0.4 is 5.32 Å². The third-order valence-electron chi connectivity index (χ3n) is 3.46. The molecule has 0 radical (unpaired) electrons. The molecule has 0 fully saturated rings. The van der Waals surface area contributed by atoms with Crippen molar-refractivity contribution >= 4 is 11.5 Å². The van der Waals surface area contributed by atoms with Crippen molar-refractivity contribution in [2.75, 3.05) is 13.6 Å². The standard InChI is InChI=1S/C15H20N2O/c1-10(2)17-9-11(3)12-7-5-6-8-13(12)14(16-4)15(17)18/h5-8,10,14,16H,3,9H2,1-2,4H3. The second-order valence-electron chi connectivity index (χ2n) is 4.97. The SMILES string of the molecule is C=C1CN(C(C)C)C(=O)C(NC)c2ccccc21. The summed E-state index contributed by atoms with van der Waals surface area (Å²) in [6.07, 6.45) is 0. The van der Waals surface area contributed by atoms with Crippen molar-refractivity contribution in [1.82, 2.24) is 10.2 Å². The highest BCUT2D eigenvalue weighted by molar-refractivity contribution is 5.89. The molecule has 0 aromatic heterocycles. The minimum Gasteiger partial charge on any atom is -0.334 e. The Morgan fingerprint density at radius 2 is 2.06 bits per heavy atom. The largest absolute Gasteiger partial charge is 0.334 e. The van der Waals surface area contributed by atoms with Crippen LogP contribution in [0.1, 0.15) is 31.0 Å². The second kappa shape index (κ2) is 4.94. The van der Waals surface area contributed by atoms with Crippen LogP contribution in [0.2, 0.25) is 0 Å². The predicted molar refractivity (Wildman–Crippen MR) is 74.1 cm³/mol. The molecule has 1 aliphatic heterocycles. The van der Waals surface area contributed by atoms with Gasteiger partial charge in [-0.2, -0.15) is 0 Å². The van der Waals surface area contributed by atoms with Crippen molar-refractivity contribution in [2.45, 2.75) is 25.9 Å². The van der Waals surface area contributed by atoms with E-state index >= 15 is 0 Å². The van der Waals surface area contributed by atoms with Crippen LogP contribution in [0.3, 0.4) is 0 Å². The molecule has 1 amide bonds. The Bertz CT molecular complexity index is 479. The number of likely N-dealkylation sites (N-methyl/N-ethyl adjacent to an activating group) is 1. The van der Waals surface area contributed by atoms with Crippen LogP contribution in [0, 0.1) is 0 Å². The number of fused-ring (bicyclic) bond motifs is 1. The van der Waals surface area contributed by atoms with Crippen LogP contribution in [-0.4, -0.2) is 30.4 Å². The molecule has 1 N–H and O–H groups in total. The van der Waals surface area contributed by atoms with Crippen LogP contribution in [-0.2, 0) is 4.79 Å². The van der Waals surface area contributed by atoms with Gasteiger partial charge in [-0.05, 0) is 37.6 Å². The molecular formula is C15H20N2O. The molecule has 1 atom stereocenters. The lowest BCUT2D eigenvalue weighted by Crippen LogP contribution is -2.42. The van der Waals surface area contributed by atoms with Gasteiger partial charge in [0.2, 0.25) is 5.91 Å². The van der Waals surface area contributed by atoms with Crippen LogP contribution >= 0.6 is 0 Å². The molecule has 1 unspecified atom stereocenters. The van der Waals surface area contributed by atoms with E-state index in [4.69, 9.17) is 0 Å². The van der Waals surface area contributed by atoms with Gasteiger partial charge in [0.15, 0.2) is 0 Å². The summed E-state index contributed by atoms with van der Waals surface area (Å²) >= 11 is 0. The van der Waals surface area contributed by atoms with E-state index in [1.54, 1.807) is 0 Å². The number of hydrogen-bond acceptors (Lipinski definition) is 2. The number of amides is 1. The molecule has 0 spiro atoms. The monoisotopic (exact) mass is 244 g/mol. The third kappa shape index (κ3) is 2.06. The highest BCUT2D eigenvalue weighted by Crippen LogP contribution is 2.30. The summed E-state index contributed by atoms with van der Waals surface area (Å²) in [6, 6.07) is 7.91. The zero-order chi connectivity index (χ0) is 13.3. The van der Waals surface area contributed by atoms with Crippen molar-refractivity contribution in [2.24, 2.45) is 0 Å². The zero-order valence-electron chi connectivity index (χ0n) is 11.2. The van der Waals surface area contributed by atoms with Gasteiger partial charge in [0.1, 0.15) is 6.04 Å². The van der Waals surface area contributed by atoms with Crippen molar-refractivity contribution in [3.8, 4) is 0 Å². The summed E-state index contributed by atoms with van der Waals surface area (Å²) in [6.45, 7) is 8.80. The first-order chi connectivity index (χ1) is 8.56. The van der Waals surface area contributed by atoms with E-state index in [9.17, 15) is 4.79 Å². The number of carbonyl (C=O) groups is 1. The fourth-order valence-corrected chi connectivity index (χ4v) is 2.45. The number of rotatable bonds is 2. The smallest absolute Gasteiger partial charge is 0.244 e. The lowest BCUT2D eigenvalue weighted by atomic mass is 9.97. The minimum atomic E-state index is -0.275. The van der Waals surface area contributed by atoms with Crippen LogP contribution in [0.5, 0.6) is 0 Å². The molecule has 1 aromatic carbocycles. The van der Waals surface area contributed by atoms with Crippen LogP contribution in [0.4, 0.5) is 0 Å². The number of hydrogen-bond donors (Lipinski definition) is 1. The highest BCUT2D eigenvalue weighted by Gasteiger charge is 2.31. The van der Waals surface area contributed by atoms with E-state index in [1.807, 2.05) is 50.1 Å². The van der Waals surface area contributed by atoms with Gasteiger partial charge in [-0.3, -0.25) is 4.79 Å². The van der Waals surface area contributed by atoms with Gasteiger partial charge in [-0.25, -0.2) is 0 Å². The molecular weight excluding hydrogens is 224 g/mol. The summed E-state index contributed by atoms with van der Waals surface area (Å²) in [5, 5.41) is 3.12. The van der Waals surface area contributed by atoms with Gasteiger partial charge in [-0.1, -0.05) is 30.8 Å². The average molecular weight is 244 g/mol. The molecule has 18 heavy (non-hydrogen) atoms. The Balaban J connectivity index is 2.53. The van der Waals surface area contributed by atoms with Crippen molar-refractivity contribution in [3.05, 3.63) is 42.0 Å². The van der Waals surface area contributed by atoms with Crippen LogP contribution in [0.25, 0.3) is 5.57 Å². The molecule has 1 aliphatic rings. The lowest BCUT2D eigenvalue weighted by molar-refractivity contribution is -0.134. The maximum atomic E-state index is 12.5. The molecule has 0 aliphatic carbocycles. The number of nitrogens with zero attached hydrogens (tertiary/aromatic N) is 1. The zero-order valence-corrected chi connectivity index (χ0v) is 11.2. The van der Waals surface area contributed by atoms with E-state index in [1.165, 1.54) is 0 Å². The van der Waals surface area contributed by atoms with Crippen LogP contribution in [0.15, 0.2) is 30.8 Å². The predicted octanol–water partition coefficient (Wildman–Crippen LogP) is 2.21. The fraction of sp³-hybridized carbons (Fsp3) is 0.400. The fourth-order valence-electron chi connectivity index (χ4n) is 2.45. The Hall–Kier alpha value is -1.61. The minimum absolute atomic E-state index is 0.124.